The molecule has 0 saturated carbocycles. The lowest BCUT2D eigenvalue weighted by molar-refractivity contribution is -0.142. The van der Waals surface area contributed by atoms with Crippen molar-refractivity contribution in [2.75, 3.05) is 13.1 Å². The Balaban J connectivity index is 1.62. The number of rotatable bonds is 3. The number of esters is 1. The van der Waals surface area contributed by atoms with Gasteiger partial charge in [-0.3, -0.25) is 4.79 Å². The van der Waals surface area contributed by atoms with Gasteiger partial charge in [-0.05, 0) is 38.1 Å². The Morgan fingerprint density at radius 2 is 2.24 bits per heavy atom. The van der Waals surface area contributed by atoms with E-state index in [0.29, 0.717) is 24.4 Å². The van der Waals surface area contributed by atoms with Gasteiger partial charge in [-0.15, -0.1) is 0 Å². The number of aromatic nitrogens is 3. The first kappa shape index (κ1) is 15.8. The molecule has 2 aliphatic rings. The van der Waals surface area contributed by atoms with Gasteiger partial charge in [0.1, 0.15) is 12.4 Å². The highest BCUT2D eigenvalue weighted by Gasteiger charge is 2.49. The second kappa shape index (κ2) is 6.30. The molecule has 1 unspecified atom stereocenters. The van der Waals surface area contributed by atoms with E-state index in [0.717, 1.165) is 31.5 Å². The molecule has 0 amide bonds. The molecular formula is C18H19N5O2. The van der Waals surface area contributed by atoms with Crippen molar-refractivity contribution in [3.8, 4) is 17.5 Å². The Kier molecular flexibility index (Phi) is 3.98. The molecule has 3 heterocycles. The van der Waals surface area contributed by atoms with Gasteiger partial charge in [-0.2, -0.15) is 10.4 Å². The molecule has 1 N–H and O–H groups in total. The lowest BCUT2D eigenvalue weighted by atomic mass is 9.73. The zero-order valence-electron chi connectivity index (χ0n) is 13.8. The first-order chi connectivity index (χ1) is 12.2. The molecule has 2 aliphatic heterocycles. The number of nitrogens with one attached hydrogen (secondary N) is 1. The molecule has 25 heavy (non-hydrogen) atoms. The molecule has 1 aromatic carbocycles. The van der Waals surface area contributed by atoms with Crippen LogP contribution in [0.25, 0.3) is 11.4 Å². The second-order valence-electron chi connectivity index (χ2n) is 6.73. The lowest BCUT2D eigenvalue weighted by Gasteiger charge is -2.36. The number of benzene rings is 1. The standard InChI is InChI=1S/C18H19N5O2/c19-10-13-2-1-3-14(8-13)17-21-12-22-23(17)11-15-18(9-16(24)25-15)4-6-20-7-5-18/h1-3,8,12,15,20H,4-7,9,11H2. The van der Waals surface area contributed by atoms with Crippen LogP contribution in [0.15, 0.2) is 30.6 Å². The fourth-order valence-electron chi connectivity index (χ4n) is 3.89. The molecule has 2 fully saturated rings. The number of piperidine rings is 1. The summed E-state index contributed by atoms with van der Waals surface area (Å²) in [6, 6.07) is 9.43. The Morgan fingerprint density at radius 1 is 1.40 bits per heavy atom. The van der Waals surface area contributed by atoms with E-state index in [1.807, 2.05) is 12.1 Å². The summed E-state index contributed by atoms with van der Waals surface area (Å²) in [6.07, 6.45) is 3.64. The third-order valence-corrected chi connectivity index (χ3v) is 5.26. The smallest absolute Gasteiger partial charge is 0.306 e. The second-order valence-corrected chi connectivity index (χ2v) is 6.73. The number of carbonyl (C=O) groups is 1. The first-order valence-corrected chi connectivity index (χ1v) is 8.49. The monoisotopic (exact) mass is 337 g/mol. The molecule has 1 spiro atoms. The lowest BCUT2D eigenvalue weighted by Crippen LogP contribution is -2.43. The van der Waals surface area contributed by atoms with Gasteiger partial charge < -0.3 is 10.1 Å². The average molecular weight is 337 g/mol. The van der Waals surface area contributed by atoms with Crippen LogP contribution in [0, 0.1) is 16.7 Å². The van der Waals surface area contributed by atoms with Crippen molar-refractivity contribution < 1.29 is 9.53 Å². The van der Waals surface area contributed by atoms with Gasteiger partial charge in [0.2, 0.25) is 0 Å². The zero-order valence-corrected chi connectivity index (χ0v) is 13.8. The van der Waals surface area contributed by atoms with E-state index in [2.05, 4.69) is 21.5 Å². The normalized spacial score (nSPS) is 21.9. The highest BCUT2D eigenvalue weighted by atomic mass is 16.6. The molecule has 2 saturated heterocycles. The van der Waals surface area contributed by atoms with E-state index in [1.54, 1.807) is 16.8 Å². The van der Waals surface area contributed by atoms with Gasteiger partial charge in [0.25, 0.3) is 0 Å². The highest BCUT2D eigenvalue weighted by Crippen LogP contribution is 2.44. The maximum absolute atomic E-state index is 12.0. The number of hydrogen-bond donors (Lipinski definition) is 1. The highest BCUT2D eigenvalue weighted by molar-refractivity contribution is 5.73. The van der Waals surface area contributed by atoms with Crippen LogP contribution in [0.5, 0.6) is 0 Å². The van der Waals surface area contributed by atoms with E-state index in [9.17, 15) is 4.79 Å². The molecule has 128 valence electrons. The summed E-state index contributed by atoms with van der Waals surface area (Å²) >= 11 is 0. The summed E-state index contributed by atoms with van der Waals surface area (Å²) < 4.78 is 7.44. The van der Waals surface area contributed by atoms with Crippen LogP contribution >= 0.6 is 0 Å². The molecule has 4 rings (SSSR count). The van der Waals surface area contributed by atoms with Crippen LogP contribution in [0.2, 0.25) is 0 Å². The molecular weight excluding hydrogens is 318 g/mol. The Labute approximate surface area is 145 Å². The maximum atomic E-state index is 12.0. The maximum Gasteiger partial charge on any atom is 0.306 e. The van der Waals surface area contributed by atoms with E-state index in [1.165, 1.54) is 6.33 Å². The van der Waals surface area contributed by atoms with Crippen molar-refractivity contribution in [2.45, 2.75) is 31.9 Å². The molecule has 2 aromatic rings. The van der Waals surface area contributed by atoms with Crippen molar-refractivity contribution in [3.05, 3.63) is 36.2 Å². The molecule has 0 radical (unpaired) electrons. The van der Waals surface area contributed by atoms with Gasteiger partial charge in [0, 0.05) is 11.0 Å². The van der Waals surface area contributed by atoms with Crippen molar-refractivity contribution >= 4 is 5.97 Å². The third kappa shape index (κ3) is 2.89. The minimum Gasteiger partial charge on any atom is -0.460 e. The topological polar surface area (TPSA) is 92.8 Å². The van der Waals surface area contributed by atoms with Crippen molar-refractivity contribution in [3.63, 3.8) is 0 Å². The van der Waals surface area contributed by atoms with E-state index in [4.69, 9.17) is 10.00 Å². The van der Waals surface area contributed by atoms with Gasteiger partial charge in [0.15, 0.2) is 5.82 Å². The third-order valence-electron chi connectivity index (χ3n) is 5.26. The molecule has 7 nitrogen and oxygen atoms in total. The summed E-state index contributed by atoms with van der Waals surface area (Å²) in [7, 11) is 0. The van der Waals surface area contributed by atoms with E-state index >= 15 is 0 Å². The summed E-state index contributed by atoms with van der Waals surface area (Å²) in [6.45, 7) is 2.29. The Morgan fingerprint density at radius 3 is 3.04 bits per heavy atom. The van der Waals surface area contributed by atoms with Crippen molar-refractivity contribution in [2.24, 2.45) is 5.41 Å². The number of nitrogens with zero attached hydrogens (tertiary/aromatic N) is 4. The van der Waals surface area contributed by atoms with Crippen LogP contribution in [-0.2, 0) is 16.1 Å². The van der Waals surface area contributed by atoms with Crippen LogP contribution in [0.1, 0.15) is 24.8 Å². The fraction of sp³-hybridized carbons (Fsp3) is 0.444. The Hall–Kier alpha value is -2.72. The van der Waals surface area contributed by atoms with Gasteiger partial charge >= 0.3 is 5.97 Å². The predicted molar refractivity (Wildman–Crippen MR) is 89.2 cm³/mol. The van der Waals surface area contributed by atoms with Crippen molar-refractivity contribution in [1.82, 2.24) is 20.1 Å². The minimum atomic E-state index is -0.193. The average Bonchev–Trinajstić information content (AvgIpc) is 3.21. The zero-order chi connectivity index (χ0) is 17.3. The summed E-state index contributed by atoms with van der Waals surface area (Å²) in [5.41, 5.74) is 1.30. The van der Waals surface area contributed by atoms with Crippen LogP contribution in [-0.4, -0.2) is 39.9 Å². The Bertz CT molecular complexity index is 832. The minimum absolute atomic E-state index is 0.111. The largest absolute Gasteiger partial charge is 0.460 e. The number of carbonyl (C=O) groups excluding carboxylic acids is 1. The van der Waals surface area contributed by atoms with Gasteiger partial charge in [0.05, 0.1) is 24.6 Å². The number of nitriles is 1. The van der Waals surface area contributed by atoms with Crippen LogP contribution < -0.4 is 5.32 Å². The predicted octanol–water partition coefficient (Wildman–Crippen LogP) is 1.50. The van der Waals surface area contributed by atoms with Crippen molar-refractivity contribution in [1.29, 1.82) is 5.26 Å². The quantitative estimate of drug-likeness (QED) is 0.853. The summed E-state index contributed by atoms with van der Waals surface area (Å²) in [4.78, 5) is 16.3. The molecule has 1 aromatic heterocycles. The molecule has 0 aliphatic carbocycles. The summed E-state index contributed by atoms with van der Waals surface area (Å²) in [5.74, 6) is 0.559. The van der Waals surface area contributed by atoms with Crippen LogP contribution in [0.3, 0.4) is 0 Å². The van der Waals surface area contributed by atoms with Gasteiger partial charge in [-0.25, -0.2) is 9.67 Å². The fourth-order valence-corrected chi connectivity index (χ4v) is 3.89. The molecule has 0 bridgehead atoms. The van der Waals surface area contributed by atoms with E-state index < -0.39 is 0 Å². The number of cyclic esters (lactones) is 1. The molecule has 1 atom stereocenters. The van der Waals surface area contributed by atoms with Gasteiger partial charge in [-0.1, -0.05) is 12.1 Å². The summed E-state index contributed by atoms with van der Waals surface area (Å²) in [5, 5.41) is 16.8. The SMILES string of the molecule is N#Cc1cccc(-c2ncnn2CC2OC(=O)CC23CCNCC3)c1. The van der Waals surface area contributed by atoms with Crippen LogP contribution in [0.4, 0.5) is 0 Å². The number of ether oxygens (including phenoxy) is 1. The number of hydrogen-bond acceptors (Lipinski definition) is 6. The molecule has 7 heteroatoms. The first-order valence-electron chi connectivity index (χ1n) is 8.49. The van der Waals surface area contributed by atoms with E-state index in [-0.39, 0.29) is 17.5 Å².